The molecule has 0 saturated carbocycles. The quantitative estimate of drug-likeness (QED) is 0.187. The van der Waals surface area contributed by atoms with E-state index in [-0.39, 0.29) is 30.4 Å². The Morgan fingerprint density at radius 3 is 2.64 bits per heavy atom. The Kier molecular flexibility index (Phi) is 8.06. The number of hydrogen-bond donors (Lipinski definition) is 1. The van der Waals surface area contributed by atoms with Gasteiger partial charge in [-0.05, 0) is 63.8 Å². The molecule has 1 aromatic carbocycles. The van der Waals surface area contributed by atoms with Crippen LogP contribution in [0.2, 0.25) is 30.8 Å². The van der Waals surface area contributed by atoms with Crippen LogP contribution in [-0.2, 0) is 30.3 Å². The zero-order valence-electron chi connectivity index (χ0n) is 27.5. The van der Waals surface area contributed by atoms with Crippen LogP contribution in [0.1, 0.15) is 40.0 Å². The van der Waals surface area contributed by atoms with Gasteiger partial charge in [0.25, 0.3) is 5.56 Å². The van der Waals surface area contributed by atoms with Gasteiger partial charge in [-0.2, -0.15) is 10.1 Å². The van der Waals surface area contributed by atoms with E-state index in [9.17, 15) is 9.59 Å². The van der Waals surface area contributed by atoms with Gasteiger partial charge in [-0.1, -0.05) is 37.3 Å². The highest BCUT2D eigenvalue weighted by atomic mass is 35.5. The zero-order valence-corrected chi connectivity index (χ0v) is 29.2. The molecular formula is C32H44ClN7O4Si. The maximum atomic E-state index is 14.3. The second-order valence-electron chi connectivity index (χ2n) is 14.7. The summed E-state index contributed by atoms with van der Waals surface area (Å²) in [5, 5.41) is 9.46. The number of ether oxygens (including phenoxy) is 2. The van der Waals surface area contributed by atoms with Crippen molar-refractivity contribution in [1.82, 2.24) is 29.2 Å². The van der Waals surface area contributed by atoms with Gasteiger partial charge in [0.05, 0.1) is 23.0 Å². The highest BCUT2D eigenvalue weighted by Gasteiger charge is 2.49. The molecular weight excluding hydrogens is 610 g/mol. The lowest BCUT2D eigenvalue weighted by molar-refractivity contribution is 0.0497. The molecule has 3 atom stereocenters. The Morgan fingerprint density at radius 2 is 1.93 bits per heavy atom. The van der Waals surface area contributed by atoms with Gasteiger partial charge in [0, 0.05) is 52.0 Å². The molecule has 5 heterocycles. The van der Waals surface area contributed by atoms with E-state index < -0.39 is 19.8 Å². The van der Waals surface area contributed by atoms with Crippen LogP contribution in [0, 0.1) is 0 Å². The summed E-state index contributed by atoms with van der Waals surface area (Å²) in [6.45, 7) is 13.5. The first-order valence-electron chi connectivity index (χ1n) is 15.7. The average Bonchev–Trinajstić information content (AvgIpc) is 3.68. The number of nitrogens with one attached hydrogen (secondary N) is 1. The highest BCUT2D eigenvalue weighted by Crippen LogP contribution is 2.41. The number of fused-ring (bicyclic) bond motifs is 4. The van der Waals surface area contributed by atoms with Crippen LogP contribution in [0.25, 0.3) is 33.1 Å². The number of aryl methyl sites for hydroxylation is 1. The lowest BCUT2D eigenvalue weighted by Gasteiger charge is -2.28. The Morgan fingerprint density at radius 1 is 1.18 bits per heavy atom. The first kappa shape index (κ1) is 31.6. The molecule has 45 heavy (non-hydrogen) atoms. The van der Waals surface area contributed by atoms with Crippen LogP contribution >= 0.6 is 11.6 Å². The van der Waals surface area contributed by atoms with Gasteiger partial charge in [0.1, 0.15) is 17.5 Å². The van der Waals surface area contributed by atoms with E-state index in [0.29, 0.717) is 28.7 Å². The Balaban J connectivity index is 1.40. The minimum Gasteiger partial charge on any atom is -0.444 e. The largest absolute Gasteiger partial charge is 0.444 e. The van der Waals surface area contributed by atoms with Crippen LogP contribution in [0.3, 0.4) is 0 Å². The molecule has 4 aromatic rings. The molecule has 2 fully saturated rings. The van der Waals surface area contributed by atoms with Crippen LogP contribution in [0.4, 0.5) is 10.7 Å². The smallest absolute Gasteiger partial charge is 0.407 e. The minimum atomic E-state index is -1.28. The summed E-state index contributed by atoms with van der Waals surface area (Å²) in [7, 11) is 2.32. The molecule has 2 saturated heterocycles. The molecule has 2 bridgehead atoms. The van der Waals surface area contributed by atoms with Crippen LogP contribution in [-0.4, -0.2) is 68.4 Å². The number of halogens is 1. The van der Waals surface area contributed by atoms with Gasteiger partial charge in [-0.3, -0.25) is 14.0 Å². The van der Waals surface area contributed by atoms with Crippen molar-refractivity contribution in [3.63, 3.8) is 0 Å². The molecule has 0 unspecified atom stereocenters. The Hall–Kier alpha value is -3.35. The number of nitrogens with zero attached hydrogens (tertiary/aromatic N) is 6. The van der Waals surface area contributed by atoms with Crippen molar-refractivity contribution in [3.05, 3.63) is 39.9 Å². The molecule has 6 rings (SSSR count). The van der Waals surface area contributed by atoms with Gasteiger partial charge in [0.2, 0.25) is 5.95 Å². The van der Waals surface area contributed by atoms with Crippen molar-refractivity contribution in [2.24, 2.45) is 14.1 Å². The van der Waals surface area contributed by atoms with E-state index in [0.717, 1.165) is 47.3 Å². The first-order chi connectivity index (χ1) is 21.1. The number of benzene rings is 1. The van der Waals surface area contributed by atoms with Gasteiger partial charge in [0.15, 0.2) is 5.65 Å². The van der Waals surface area contributed by atoms with E-state index in [4.69, 9.17) is 26.1 Å². The minimum absolute atomic E-state index is 0.0177. The van der Waals surface area contributed by atoms with Gasteiger partial charge < -0.3 is 24.3 Å². The lowest BCUT2D eigenvalue weighted by atomic mass is 9.96. The molecule has 242 valence electrons. The number of carbonyl (C=O) groups is 1. The fourth-order valence-electron chi connectivity index (χ4n) is 6.64. The van der Waals surface area contributed by atoms with Crippen molar-refractivity contribution < 1.29 is 14.3 Å². The lowest BCUT2D eigenvalue weighted by Crippen LogP contribution is -2.46. The van der Waals surface area contributed by atoms with Gasteiger partial charge in [-0.15, -0.1) is 0 Å². The molecule has 2 aliphatic rings. The molecule has 1 amide bonds. The number of rotatable bonds is 8. The third-order valence-electron chi connectivity index (χ3n) is 8.84. The summed E-state index contributed by atoms with van der Waals surface area (Å²) in [6, 6.07) is 7.01. The standard InChI is InChI=1S/C32H44ClN7O4Si/c1-32(2,3)44-31(42)34-24-16-20-10-12-25(24)40(20)30-35-28-26(29(41)37(30)4)22(17-39(28)18-43-13-14-45(6,7)8)19-9-11-23-21(15-19)27(33)38(5)36-23/h9,11,15,17,20,24-25H,10,12-14,16,18H2,1-8H3,(H,34,42)/t20-,24+,25+/m0/s1. The van der Waals surface area contributed by atoms with E-state index in [1.165, 1.54) is 0 Å². The van der Waals surface area contributed by atoms with E-state index in [1.54, 1.807) is 16.3 Å². The third kappa shape index (κ3) is 6.11. The number of anilines is 1. The maximum absolute atomic E-state index is 14.3. The number of carbonyl (C=O) groups excluding carboxylic acids is 1. The predicted octanol–water partition coefficient (Wildman–Crippen LogP) is 5.89. The molecule has 0 radical (unpaired) electrons. The SMILES string of the molecule is Cn1nc2ccc(-c3cn(COCC[Si](C)(C)C)c4nc(N5[C@H]6CC[C@@H]5[C@H](NC(=O)OC(C)(C)C)C6)n(C)c(=O)c34)cc2c1Cl. The van der Waals surface area contributed by atoms with Gasteiger partial charge in [-0.25, -0.2) is 4.79 Å². The van der Waals surface area contributed by atoms with Crippen molar-refractivity contribution in [2.75, 3.05) is 11.5 Å². The molecule has 0 spiro atoms. The number of aromatic nitrogens is 5. The van der Waals surface area contributed by atoms with Crippen LogP contribution in [0.5, 0.6) is 0 Å². The number of hydrogen-bond acceptors (Lipinski definition) is 7. The summed E-state index contributed by atoms with van der Waals surface area (Å²) >= 11 is 6.56. The second-order valence-corrected chi connectivity index (χ2v) is 20.7. The summed E-state index contributed by atoms with van der Waals surface area (Å²) in [5.41, 5.74) is 2.29. The number of amides is 1. The van der Waals surface area contributed by atoms with Crippen LogP contribution < -0.4 is 15.8 Å². The summed E-state index contributed by atoms with van der Waals surface area (Å²) in [4.78, 5) is 34.3. The Bertz CT molecular complexity index is 1830. The van der Waals surface area contributed by atoms with Crippen molar-refractivity contribution >= 4 is 53.7 Å². The monoisotopic (exact) mass is 653 g/mol. The molecule has 11 nitrogen and oxygen atoms in total. The second kappa shape index (κ2) is 11.5. The maximum Gasteiger partial charge on any atom is 0.407 e. The predicted molar refractivity (Wildman–Crippen MR) is 181 cm³/mol. The Labute approximate surface area is 269 Å². The normalized spacial score (nSPS) is 20.1. The average molecular weight is 654 g/mol. The third-order valence-corrected chi connectivity index (χ3v) is 11.0. The molecule has 0 aliphatic carbocycles. The molecule has 13 heteroatoms. The highest BCUT2D eigenvalue weighted by molar-refractivity contribution is 6.76. The molecule has 1 N–H and O–H groups in total. The zero-order chi connectivity index (χ0) is 32.4. The van der Waals surface area contributed by atoms with Crippen molar-refractivity contribution in [1.29, 1.82) is 0 Å². The van der Waals surface area contributed by atoms with E-state index in [2.05, 4.69) is 35.0 Å². The van der Waals surface area contributed by atoms with Crippen molar-refractivity contribution in [3.8, 4) is 11.1 Å². The molecule has 2 aliphatic heterocycles. The number of alkyl carbamates (subject to hydrolysis) is 1. The van der Waals surface area contributed by atoms with Crippen molar-refractivity contribution in [2.45, 2.75) is 96.2 Å². The first-order valence-corrected chi connectivity index (χ1v) is 19.8. The summed E-state index contributed by atoms with van der Waals surface area (Å²) in [6.07, 6.45) is 4.20. The topological polar surface area (TPSA) is 108 Å². The summed E-state index contributed by atoms with van der Waals surface area (Å²) in [5.74, 6) is 0.604. The molecule has 3 aromatic heterocycles. The summed E-state index contributed by atoms with van der Waals surface area (Å²) < 4.78 is 17.0. The fraction of sp³-hybridized carbons (Fsp3) is 0.562. The van der Waals surface area contributed by atoms with Gasteiger partial charge >= 0.3 is 6.09 Å². The van der Waals surface area contributed by atoms with E-state index >= 15 is 0 Å². The van der Waals surface area contributed by atoms with E-state index in [1.807, 2.05) is 56.8 Å². The van der Waals surface area contributed by atoms with Crippen LogP contribution in [0.15, 0.2) is 29.2 Å². The fourth-order valence-corrected chi connectivity index (χ4v) is 7.59.